The van der Waals surface area contributed by atoms with Crippen molar-refractivity contribution in [3.8, 4) is 11.5 Å². The van der Waals surface area contributed by atoms with Gasteiger partial charge < -0.3 is 19.7 Å². The second-order valence-electron chi connectivity index (χ2n) is 6.15. The molecule has 0 fully saturated rings. The van der Waals surface area contributed by atoms with Gasteiger partial charge in [-0.05, 0) is 18.2 Å². The van der Waals surface area contributed by atoms with Crippen molar-refractivity contribution in [3.63, 3.8) is 0 Å². The lowest BCUT2D eigenvalue weighted by molar-refractivity contribution is 0.0828. The first kappa shape index (κ1) is 19.1. The summed E-state index contributed by atoms with van der Waals surface area (Å²) in [6.07, 6.45) is 1.39. The Hall–Kier alpha value is -3.68. The van der Waals surface area contributed by atoms with Gasteiger partial charge in [-0.1, -0.05) is 12.1 Å². The molecule has 0 saturated heterocycles. The van der Waals surface area contributed by atoms with Crippen LogP contribution in [0, 0.1) is 0 Å². The molecule has 0 saturated carbocycles. The number of ether oxygens (including phenoxy) is 2. The monoisotopic (exact) mass is 380 g/mol. The van der Waals surface area contributed by atoms with Gasteiger partial charge in [0.2, 0.25) is 0 Å². The highest BCUT2D eigenvalue weighted by Gasteiger charge is 2.21. The number of anilines is 1. The molecule has 144 valence electrons. The molecule has 1 N–H and O–H groups in total. The zero-order valence-corrected chi connectivity index (χ0v) is 16.0. The van der Waals surface area contributed by atoms with Gasteiger partial charge in [-0.2, -0.15) is 0 Å². The maximum Gasteiger partial charge on any atom is 0.275 e. The van der Waals surface area contributed by atoms with Gasteiger partial charge in [-0.15, -0.1) is 0 Å². The molecule has 0 aliphatic rings. The first-order valence-corrected chi connectivity index (χ1v) is 8.45. The number of carbonyl (C=O) groups excluding carboxylic acids is 2. The summed E-state index contributed by atoms with van der Waals surface area (Å²) in [5, 5.41) is 2.73. The smallest absolute Gasteiger partial charge is 0.275 e. The maximum atomic E-state index is 12.7. The van der Waals surface area contributed by atoms with Crippen LogP contribution in [0.3, 0.4) is 0 Å². The molecule has 8 nitrogen and oxygen atoms in total. The lowest BCUT2D eigenvalue weighted by atomic mass is 10.1. The molecule has 0 spiro atoms. The first-order chi connectivity index (χ1) is 13.4. The van der Waals surface area contributed by atoms with Crippen molar-refractivity contribution in [1.82, 2.24) is 14.9 Å². The lowest BCUT2D eigenvalue weighted by Gasteiger charge is -2.17. The quantitative estimate of drug-likeness (QED) is 0.731. The van der Waals surface area contributed by atoms with Crippen molar-refractivity contribution in [3.05, 3.63) is 53.9 Å². The van der Waals surface area contributed by atoms with E-state index in [4.69, 9.17) is 9.47 Å². The Morgan fingerprint density at radius 1 is 1.00 bits per heavy atom. The first-order valence-electron chi connectivity index (χ1n) is 8.45. The fourth-order valence-corrected chi connectivity index (χ4v) is 2.65. The number of nitrogens with zero attached hydrogens (tertiary/aromatic N) is 3. The van der Waals surface area contributed by atoms with Crippen LogP contribution in [0.5, 0.6) is 11.5 Å². The van der Waals surface area contributed by atoms with E-state index in [1.165, 1.54) is 31.4 Å². The van der Waals surface area contributed by atoms with Gasteiger partial charge in [-0.3, -0.25) is 14.6 Å². The number of hydrogen-bond acceptors (Lipinski definition) is 6. The summed E-state index contributed by atoms with van der Waals surface area (Å²) in [5.41, 5.74) is 1.98. The van der Waals surface area contributed by atoms with Crippen LogP contribution < -0.4 is 14.8 Å². The Kier molecular flexibility index (Phi) is 5.39. The molecule has 0 bridgehead atoms. The van der Waals surface area contributed by atoms with Crippen molar-refractivity contribution >= 4 is 28.5 Å². The predicted octanol–water partition coefficient (Wildman–Crippen LogP) is 2.60. The van der Waals surface area contributed by atoms with Crippen molar-refractivity contribution in [2.24, 2.45) is 0 Å². The van der Waals surface area contributed by atoms with Gasteiger partial charge in [-0.25, -0.2) is 4.98 Å². The van der Waals surface area contributed by atoms with E-state index in [1.54, 1.807) is 26.2 Å². The Labute approximate surface area is 162 Å². The molecule has 8 heteroatoms. The fraction of sp³-hybridized carbons (Fsp3) is 0.200. The van der Waals surface area contributed by atoms with Crippen LogP contribution >= 0.6 is 0 Å². The van der Waals surface area contributed by atoms with Gasteiger partial charge in [0.1, 0.15) is 5.69 Å². The number of amides is 2. The summed E-state index contributed by atoms with van der Waals surface area (Å²) in [6.45, 7) is 0. The van der Waals surface area contributed by atoms with Gasteiger partial charge in [0.05, 0.1) is 42.7 Å². The Balaban J connectivity index is 2.01. The lowest BCUT2D eigenvalue weighted by Crippen LogP contribution is -2.24. The largest absolute Gasteiger partial charge is 0.493 e. The van der Waals surface area contributed by atoms with Crippen molar-refractivity contribution in [1.29, 1.82) is 0 Å². The molecule has 1 aromatic heterocycles. The molecule has 3 aromatic rings. The van der Waals surface area contributed by atoms with Gasteiger partial charge in [0.15, 0.2) is 11.5 Å². The number of para-hydroxylation sites is 2. The van der Waals surface area contributed by atoms with E-state index in [9.17, 15) is 9.59 Å². The summed E-state index contributed by atoms with van der Waals surface area (Å²) in [7, 11) is 6.20. The summed E-state index contributed by atoms with van der Waals surface area (Å²) >= 11 is 0. The minimum atomic E-state index is -0.488. The van der Waals surface area contributed by atoms with Crippen LogP contribution in [0.15, 0.2) is 42.6 Å². The van der Waals surface area contributed by atoms with E-state index in [-0.39, 0.29) is 22.9 Å². The highest BCUT2D eigenvalue weighted by atomic mass is 16.5. The average Bonchev–Trinajstić information content (AvgIpc) is 2.72. The molecule has 0 unspecified atom stereocenters. The van der Waals surface area contributed by atoms with E-state index in [0.717, 1.165) is 0 Å². The molecule has 0 aliphatic carbocycles. The molecule has 1 heterocycles. The van der Waals surface area contributed by atoms with Crippen LogP contribution in [0.25, 0.3) is 11.0 Å². The molecule has 28 heavy (non-hydrogen) atoms. The zero-order chi connectivity index (χ0) is 20.3. The van der Waals surface area contributed by atoms with Gasteiger partial charge in [0, 0.05) is 20.2 Å². The van der Waals surface area contributed by atoms with Crippen LogP contribution in [0.2, 0.25) is 0 Å². The second-order valence-corrected chi connectivity index (χ2v) is 6.15. The van der Waals surface area contributed by atoms with Crippen molar-refractivity contribution in [2.45, 2.75) is 0 Å². The summed E-state index contributed by atoms with van der Waals surface area (Å²) in [4.78, 5) is 35.3. The number of rotatable bonds is 5. The standard InChI is InChI=1S/C20H20N4O4/c1-24(2)20(26)12-9-17(27-3)18(28-4)10-15(12)23-19(25)16-11-21-13-7-5-6-8-14(13)22-16/h5-11H,1-4H3,(H,23,25). The summed E-state index contributed by atoms with van der Waals surface area (Å²) < 4.78 is 10.6. The average molecular weight is 380 g/mol. The van der Waals surface area contributed by atoms with Gasteiger partial charge in [0.25, 0.3) is 11.8 Å². The van der Waals surface area contributed by atoms with Crippen molar-refractivity contribution in [2.75, 3.05) is 33.6 Å². The van der Waals surface area contributed by atoms with E-state index in [1.807, 2.05) is 18.2 Å². The molecule has 2 amide bonds. The van der Waals surface area contributed by atoms with Gasteiger partial charge >= 0.3 is 0 Å². The minimum Gasteiger partial charge on any atom is -0.493 e. The summed E-state index contributed by atoms with van der Waals surface area (Å²) in [6, 6.07) is 10.3. The molecule has 0 aliphatic heterocycles. The van der Waals surface area contributed by atoms with E-state index in [0.29, 0.717) is 22.5 Å². The normalized spacial score (nSPS) is 10.4. The third-order valence-corrected chi connectivity index (χ3v) is 4.09. The topological polar surface area (TPSA) is 93.7 Å². The summed E-state index contributed by atoms with van der Waals surface area (Å²) in [5.74, 6) is -0.00646. The highest BCUT2D eigenvalue weighted by Crippen LogP contribution is 2.34. The van der Waals surface area contributed by atoms with E-state index < -0.39 is 5.91 Å². The molecule has 0 atom stereocenters. The zero-order valence-electron chi connectivity index (χ0n) is 16.0. The number of fused-ring (bicyclic) bond motifs is 1. The van der Waals surface area contributed by atoms with Crippen LogP contribution in [0.1, 0.15) is 20.8 Å². The van der Waals surface area contributed by atoms with Crippen LogP contribution in [0.4, 0.5) is 5.69 Å². The second kappa shape index (κ2) is 7.91. The van der Waals surface area contributed by atoms with Crippen LogP contribution in [-0.2, 0) is 0 Å². The predicted molar refractivity (Wildman–Crippen MR) is 105 cm³/mol. The third-order valence-electron chi connectivity index (χ3n) is 4.09. The number of methoxy groups -OCH3 is 2. The fourth-order valence-electron chi connectivity index (χ4n) is 2.65. The number of benzene rings is 2. The number of hydrogen-bond donors (Lipinski definition) is 1. The third kappa shape index (κ3) is 3.71. The molecular formula is C20H20N4O4. The Bertz CT molecular complexity index is 1050. The number of carbonyl (C=O) groups is 2. The molecule has 3 rings (SSSR count). The molecule has 0 radical (unpaired) electrons. The highest BCUT2D eigenvalue weighted by molar-refractivity contribution is 6.09. The molecular weight excluding hydrogens is 360 g/mol. The Morgan fingerprint density at radius 3 is 2.29 bits per heavy atom. The van der Waals surface area contributed by atoms with E-state index >= 15 is 0 Å². The van der Waals surface area contributed by atoms with Crippen LogP contribution in [-0.4, -0.2) is 55.0 Å². The number of aromatic nitrogens is 2. The van der Waals surface area contributed by atoms with E-state index in [2.05, 4.69) is 15.3 Å². The minimum absolute atomic E-state index is 0.136. The SMILES string of the molecule is COc1cc(NC(=O)c2cnc3ccccc3n2)c(C(=O)N(C)C)cc1OC. The number of nitrogens with one attached hydrogen (secondary N) is 1. The molecule has 2 aromatic carbocycles. The van der Waals surface area contributed by atoms with Crippen molar-refractivity contribution < 1.29 is 19.1 Å². The Morgan fingerprint density at radius 2 is 1.64 bits per heavy atom. The maximum absolute atomic E-state index is 12.7.